The van der Waals surface area contributed by atoms with Crippen LogP contribution in [0.3, 0.4) is 0 Å². The van der Waals surface area contributed by atoms with Crippen LogP contribution in [0, 0.1) is 0 Å². The minimum Gasteiger partial charge on any atom is -0.278 e. The van der Waals surface area contributed by atoms with Crippen LogP contribution in [-0.2, 0) is 16.4 Å². The van der Waals surface area contributed by atoms with Gasteiger partial charge in [-0.15, -0.1) is 0 Å². The molecule has 2 aromatic rings. The molecule has 6 nitrogen and oxygen atoms in total. The molecule has 0 aromatic heterocycles. The maximum Gasteiger partial charge on any atom is 0.280 e. The number of nitrogens with zero attached hydrogens (tertiary/aromatic N) is 3. The number of hydrogen-bond acceptors (Lipinski definition) is 5. The molecule has 0 spiro atoms. The Bertz CT molecular complexity index is 982. The summed E-state index contributed by atoms with van der Waals surface area (Å²) >= 11 is 5.82. The first-order chi connectivity index (χ1) is 12.4. The summed E-state index contributed by atoms with van der Waals surface area (Å²) in [6.45, 7) is 1.75. The highest BCUT2D eigenvalue weighted by Crippen LogP contribution is 2.16. The summed E-state index contributed by atoms with van der Waals surface area (Å²) in [7, 11) is -3.87. The summed E-state index contributed by atoms with van der Waals surface area (Å²) in [6, 6.07) is 16.2. The maximum absolute atomic E-state index is 12.7. The summed E-state index contributed by atoms with van der Waals surface area (Å²) in [4.78, 5) is 4.25. The van der Waals surface area contributed by atoms with Crippen LogP contribution in [0.1, 0.15) is 12.5 Å². The van der Waals surface area contributed by atoms with Crippen LogP contribution in [0.15, 0.2) is 69.8 Å². The van der Waals surface area contributed by atoms with Gasteiger partial charge in [-0.05, 0) is 36.8 Å². The lowest BCUT2D eigenvalue weighted by atomic mass is 10.1. The zero-order valence-electron chi connectivity index (χ0n) is 14.1. The molecule has 8 heteroatoms. The Labute approximate surface area is 157 Å². The molecule has 134 valence electrons. The molecule has 0 aliphatic carbocycles. The summed E-state index contributed by atoms with van der Waals surface area (Å²) < 4.78 is 27.8. The number of anilines is 1. The van der Waals surface area contributed by atoms with Crippen LogP contribution in [-0.4, -0.2) is 31.4 Å². The summed E-state index contributed by atoms with van der Waals surface area (Å²) in [5.74, 6) is 0. The first-order valence-corrected chi connectivity index (χ1v) is 9.77. The van der Waals surface area contributed by atoms with E-state index in [1.165, 1.54) is 0 Å². The molecule has 1 N–H and O–H groups in total. The van der Waals surface area contributed by atoms with Gasteiger partial charge in [-0.25, -0.2) is 0 Å². The molecule has 0 unspecified atom stereocenters. The normalized spacial score (nSPS) is 14.8. The monoisotopic (exact) mass is 388 g/mol. The topological polar surface area (TPSA) is 83.2 Å². The first-order valence-electron chi connectivity index (χ1n) is 7.91. The minimum atomic E-state index is -3.87. The highest BCUT2D eigenvalue weighted by molar-refractivity contribution is 8.09. The van der Waals surface area contributed by atoms with Crippen LogP contribution in [0.5, 0.6) is 0 Å². The molecule has 0 atom stereocenters. The standard InChI is InChI=1S/C18H17ClN4O2S/c1-13-18(26(24,25)23-16-9-7-15(19)8-10-16)20-12-17(22-21-13)11-14-5-3-2-4-6-14/h2-10,23H,11-12H2,1H3. The average molecular weight is 389 g/mol. The average Bonchev–Trinajstić information content (AvgIpc) is 2.80. The largest absolute Gasteiger partial charge is 0.280 e. The van der Waals surface area contributed by atoms with E-state index in [9.17, 15) is 8.42 Å². The molecule has 0 amide bonds. The number of sulfonamides is 1. The molecule has 1 aliphatic heterocycles. The summed E-state index contributed by atoms with van der Waals surface area (Å²) in [5.41, 5.74) is 2.42. The van der Waals surface area contributed by atoms with Gasteiger partial charge in [0.2, 0.25) is 0 Å². The van der Waals surface area contributed by atoms with Gasteiger partial charge in [0.1, 0.15) is 0 Å². The fraction of sp³-hybridized carbons (Fsp3) is 0.167. The van der Waals surface area contributed by atoms with Crippen LogP contribution < -0.4 is 4.72 Å². The Morgan fingerprint density at radius 3 is 2.42 bits per heavy atom. The number of halogens is 1. The van der Waals surface area contributed by atoms with E-state index in [0.717, 1.165) is 5.56 Å². The number of nitrogens with one attached hydrogen (secondary N) is 1. The fourth-order valence-electron chi connectivity index (χ4n) is 2.42. The van der Waals surface area contributed by atoms with Crippen molar-refractivity contribution in [3.8, 4) is 0 Å². The van der Waals surface area contributed by atoms with E-state index in [-0.39, 0.29) is 17.3 Å². The summed E-state index contributed by atoms with van der Waals surface area (Å²) in [5, 5.41) is 8.61. The molecule has 1 heterocycles. The van der Waals surface area contributed by atoms with Crippen molar-refractivity contribution in [3.05, 3.63) is 65.2 Å². The predicted molar refractivity (Wildman–Crippen MR) is 107 cm³/mol. The fourth-order valence-corrected chi connectivity index (χ4v) is 3.75. The maximum atomic E-state index is 12.7. The lowest BCUT2D eigenvalue weighted by Crippen LogP contribution is -2.28. The SMILES string of the molecule is CC1=NN=C(Cc2ccccc2)CN=C1S(=O)(=O)Nc1ccc(Cl)cc1. The van der Waals surface area contributed by atoms with E-state index in [1.807, 2.05) is 30.3 Å². The zero-order chi connectivity index (χ0) is 18.6. The van der Waals surface area contributed by atoms with Crippen molar-refractivity contribution in [1.82, 2.24) is 0 Å². The van der Waals surface area contributed by atoms with Crippen LogP contribution >= 0.6 is 11.6 Å². The van der Waals surface area contributed by atoms with Gasteiger partial charge in [0.15, 0.2) is 5.04 Å². The molecule has 0 bridgehead atoms. The molecule has 2 aromatic carbocycles. The zero-order valence-corrected chi connectivity index (χ0v) is 15.6. The highest BCUT2D eigenvalue weighted by atomic mass is 35.5. The number of benzene rings is 2. The third kappa shape index (κ3) is 4.56. The van der Waals surface area contributed by atoms with Crippen molar-refractivity contribution in [3.63, 3.8) is 0 Å². The smallest absolute Gasteiger partial charge is 0.278 e. The lowest BCUT2D eigenvalue weighted by molar-refractivity contribution is 0.612. The van der Waals surface area contributed by atoms with Crippen molar-refractivity contribution in [2.24, 2.45) is 15.2 Å². The quantitative estimate of drug-likeness (QED) is 0.868. The van der Waals surface area contributed by atoms with E-state index in [1.54, 1.807) is 31.2 Å². The van der Waals surface area contributed by atoms with E-state index in [2.05, 4.69) is 19.9 Å². The van der Waals surface area contributed by atoms with Gasteiger partial charge in [-0.1, -0.05) is 41.9 Å². The number of aliphatic imine (C=N–C) groups is 1. The molecule has 1 aliphatic rings. The Hall–Kier alpha value is -2.51. The molecular weight excluding hydrogens is 372 g/mol. The van der Waals surface area contributed by atoms with E-state index >= 15 is 0 Å². The Kier molecular flexibility index (Phi) is 5.49. The van der Waals surface area contributed by atoms with E-state index < -0.39 is 10.0 Å². The molecule has 0 saturated carbocycles. The van der Waals surface area contributed by atoms with Crippen LogP contribution in [0.2, 0.25) is 5.02 Å². The number of rotatable bonds is 4. The lowest BCUT2D eigenvalue weighted by Gasteiger charge is -2.09. The Morgan fingerprint density at radius 1 is 1.04 bits per heavy atom. The van der Waals surface area contributed by atoms with Gasteiger partial charge < -0.3 is 0 Å². The molecule has 0 radical (unpaired) electrons. The van der Waals surface area contributed by atoms with Crippen molar-refractivity contribution >= 4 is 43.8 Å². The number of hydrogen-bond donors (Lipinski definition) is 1. The van der Waals surface area contributed by atoms with Crippen molar-refractivity contribution in [2.75, 3.05) is 11.3 Å². The molecule has 3 rings (SSSR count). The van der Waals surface area contributed by atoms with Crippen molar-refractivity contribution < 1.29 is 8.42 Å². The van der Waals surface area contributed by atoms with Gasteiger partial charge in [-0.2, -0.15) is 18.6 Å². The van der Waals surface area contributed by atoms with Gasteiger partial charge in [0.05, 0.1) is 18.0 Å². The second-order valence-corrected chi connectivity index (χ2v) is 7.78. The van der Waals surface area contributed by atoms with E-state index in [4.69, 9.17) is 11.6 Å². The third-order valence-corrected chi connectivity index (χ3v) is 5.35. The third-order valence-electron chi connectivity index (χ3n) is 3.66. The van der Waals surface area contributed by atoms with Crippen molar-refractivity contribution in [2.45, 2.75) is 13.3 Å². The Balaban J connectivity index is 1.79. The van der Waals surface area contributed by atoms with Crippen LogP contribution in [0.25, 0.3) is 0 Å². The van der Waals surface area contributed by atoms with Gasteiger partial charge in [0, 0.05) is 17.1 Å². The summed E-state index contributed by atoms with van der Waals surface area (Å²) in [6.07, 6.45) is 0.569. The predicted octanol–water partition coefficient (Wildman–Crippen LogP) is 3.55. The highest BCUT2D eigenvalue weighted by Gasteiger charge is 2.24. The van der Waals surface area contributed by atoms with Crippen LogP contribution in [0.4, 0.5) is 5.69 Å². The van der Waals surface area contributed by atoms with Gasteiger partial charge in [0.25, 0.3) is 10.0 Å². The van der Waals surface area contributed by atoms with Crippen molar-refractivity contribution in [1.29, 1.82) is 0 Å². The second-order valence-electron chi connectivity index (χ2n) is 5.75. The first kappa shape index (κ1) is 18.3. The van der Waals surface area contributed by atoms with Gasteiger partial charge >= 0.3 is 0 Å². The molecular formula is C18H17ClN4O2S. The minimum absolute atomic E-state index is 0.112. The molecule has 0 fully saturated rings. The second kappa shape index (κ2) is 7.80. The molecule has 26 heavy (non-hydrogen) atoms. The van der Waals surface area contributed by atoms with E-state index in [0.29, 0.717) is 22.8 Å². The Morgan fingerprint density at radius 2 is 1.73 bits per heavy atom. The molecule has 0 saturated heterocycles. The van der Waals surface area contributed by atoms with Gasteiger partial charge in [-0.3, -0.25) is 9.71 Å².